The van der Waals surface area contributed by atoms with Crippen LogP contribution in [0.15, 0.2) is 30.3 Å². The van der Waals surface area contributed by atoms with Crippen molar-refractivity contribution >= 4 is 17.2 Å². The summed E-state index contributed by atoms with van der Waals surface area (Å²) >= 11 is 4.85. The largest absolute Gasteiger partial charge is 0.393 e. The van der Waals surface area contributed by atoms with Gasteiger partial charge in [-0.25, -0.2) is 0 Å². The van der Waals surface area contributed by atoms with Crippen LogP contribution in [-0.2, 0) is 11.3 Å². The lowest BCUT2D eigenvalue weighted by molar-refractivity contribution is 0.108. The Morgan fingerprint density at radius 3 is 2.64 bits per heavy atom. The molecule has 0 saturated heterocycles. The summed E-state index contributed by atoms with van der Waals surface area (Å²) in [4.78, 5) is 0.512. The fourth-order valence-corrected chi connectivity index (χ4v) is 1.08. The maximum atomic E-state index is 5.48. The number of benzene rings is 1. The van der Waals surface area contributed by atoms with Crippen LogP contribution in [0.25, 0.3) is 0 Å². The minimum atomic E-state index is 0.147. The van der Waals surface area contributed by atoms with E-state index in [1.165, 1.54) is 5.56 Å². The normalized spacial score (nSPS) is 12.4. The van der Waals surface area contributed by atoms with Crippen molar-refractivity contribution in [1.82, 2.24) is 0 Å². The first kappa shape index (κ1) is 11.1. The van der Waals surface area contributed by atoms with Gasteiger partial charge < -0.3 is 10.5 Å². The first-order valence-corrected chi connectivity index (χ1v) is 5.02. The average molecular weight is 209 g/mol. The molecule has 0 fully saturated rings. The van der Waals surface area contributed by atoms with Crippen LogP contribution in [0.1, 0.15) is 12.5 Å². The summed E-state index contributed by atoms with van der Waals surface area (Å²) in [6, 6.07) is 10.0. The van der Waals surface area contributed by atoms with Crippen LogP contribution >= 0.6 is 12.2 Å². The first-order valence-electron chi connectivity index (χ1n) is 4.61. The summed E-state index contributed by atoms with van der Waals surface area (Å²) in [6.45, 7) is 3.17. The van der Waals surface area contributed by atoms with Gasteiger partial charge in [0, 0.05) is 5.92 Å². The highest BCUT2D eigenvalue weighted by Gasteiger charge is 2.04. The summed E-state index contributed by atoms with van der Waals surface area (Å²) in [5.74, 6) is 0.147. The van der Waals surface area contributed by atoms with Crippen LogP contribution < -0.4 is 5.73 Å². The highest BCUT2D eigenvalue weighted by atomic mass is 32.1. The average Bonchev–Trinajstić information content (AvgIpc) is 2.19. The number of ether oxygens (including phenoxy) is 1. The second-order valence-electron chi connectivity index (χ2n) is 3.30. The second kappa shape index (κ2) is 5.73. The number of rotatable bonds is 5. The van der Waals surface area contributed by atoms with Gasteiger partial charge in [0.1, 0.15) is 0 Å². The molecule has 0 aliphatic rings. The minimum Gasteiger partial charge on any atom is -0.393 e. The first-order chi connectivity index (χ1) is 6.70. The van der Waals surface area contributed by atoms with E-state index in [0.717, 1.165) is 0 Å². The second-order valence-corrected chi connectivity index (χ2v) is 3.78. The minimum absolute atomic E-state index is 0.147. The van der Waals surface area contributed by atoms with Crippen LogP contribution in [0.5, 0.6) is 0 Å². The molecular weight excluding hydrogens is 194 g/mol. The molecule has 1 unspecified atom stereocenters. The van der Waals surface area contributed by atoms with Crippen molar-refractivity contribution in [2.45, 2.75) is 13.5 Å². The van der Waals surface area contributed by atoms with E-state index in [-0.39, 0.29) is 5.92 Å². The Morgan fingerprint density at radius 1 is 1.43 bits per heavy atom. The van der Waals surface area contributed by atoms with Gasteiger partial charge in [0.15, 0.2) is 0 Å². The van der Waals surface area contributed by atoms with E-state index in [1.807, 2.05) is 37.3 Å². The SMILES string of the molecule is CC(COCc1ccccc1)C(N)=S. The highest BCUT2D eigenvalue weighted by molar-refractivity contribution is 7.80. The number of hydrogen-bond donors (Lipinski definition) is 1. The topological polar surface area (TPSA) is 35.2 Å². The fraction of sp³-hybridized carbons (Fsp3) is 0.364. The lowest BCUT2D eigenvalue weighted by Gasteiger charge is -2.09. The molecule has 1 aromatic rings. The molecule has 0 amide bonds. The van der Waals surface area contributed by atoms with Crippen molar-refractivity contribution in [1.29, 1.82) is 0 Å². The Kier molecular flexibility index (Phi) is 4.56. The van der Waals surface area contributed by atoms with Gasteiger partial charge in [-0.2, -0.15) is 0 Å². The number of nitrogens with two attached hydrogens (primary N) is 1. The molecule has 0 saturated carbocycles. The molecule has 1 aromatic carbocycles. The molecule has 0 aliphatic heterocycles. The Hall–Kier alpha value is -0.930. The molecule has 0 bridgehead atoms. The summed E-state index contributed by atoms with van der Waals surface area (Å²) in [6.07, 6.45) is 0. The fourth-order valence-electron chi connectivity index (χ4n) is 1.01. The lowest BCUT2D eigenvalue weighted by Crippen LogP contribution is -2.22. The molecule has 0 spiro atoms. The molecule has 2 N–H and O–H groups in total. The van der Waals surface area contributed by atoms with Gasteiger partial charge in [0.05, 0.1) is 18.2 Å². The molecule has 14 heavy (non-hydrogen) atoms. The van der Waals surface area contributed by atoms with E-state index in [1.54, 1.807) is 0 Å². The van der Waals surface area contributed by atoms with Crippen LogP contribution in [0.3, 0.4) is 0 Å². The van der Waals surface area contributed by atoms with Crippen molar-refractivity contribution in [2.24, 2.45) is 11.7 Å². The van der Waals surface area contributed by atoms with E-state index >= 15 is 0 Å². The number of hydrogen-bond acceptors (Lipinski definition) is 2. The van der Waals surface area contributed by atoms with E-state index in [9.17, 15) is 0 Å². The molecule has 0 aliphatic carbocycles. The van der Waals surface area contributed by atoms with Crippen molar-refractivity contribution in [3.63, 3.8) is 0 Å². The van der Waals surface area contributed by atoms with E-state index in [2.05, 4.69) is 0 Å². The third-order valence-electron chi connectivity index (χ3n) is 1.97. The van der Waals surface area contributed by atoms with E-state index in [0.29, 0.717) is 18.2 Å². The molecule has 0 aromatic heterocycles. The molecular formula is C11H15NOS. The van der Waals surface area contributed by atoms with Gasteiger partial charge in [0.2, 0.25) is 0 Å². The Labute approximate surface area is 90.1 Å². The van der Waals surface area contributed by atoms with E-state index in [4.69, 9.17) is 22.7 Å². The van der Waals surface area contributed by atoms with Crippen molar-refractivity contribution in [3.05, 3.63) is 35.9 Å². The molecule has 3 heteroatoms. The summed E-state index contributed by atoms with van der Waals surface area (Å²) in [5, 5.41) is 0. The zero-order valence-electron chi connectivity index (χ0n) is 8.27. The maximum Gasteiger partial charge on any atom is 0.0779 e. The summed E-state index contributed by atoms with van der Waals surface area (Å²) in [5.41, 5.74) is 6.64. The summed E-state index contributed by atoms with van der Waals surface area (Å²) < 4.78 is 5.48. The molecule has 1 rings (SSSR count). The van der Waals surface area contributed by atoms with Gasteiger partial charge in [-0.05, 0) is 5.56 Å². The number of thiocarbonyl (C=S) groups is 1. The zero-order chi connectivity index (χ0) is 10.4. The molecule has 76 valence electrons. The Bertz CT molecular complexity index is 287. The van der Waals surface area contributed by atoms with Crippen LogP contribution in [0.4, 0.5) is 0 Å². The van der Waals surface area contributed by atoms with Crippen LogP contribution in [-0.4, -0.2) is 11.6 Å². The highest BCUT2D eigenvalue weighted by Crippen LogP contribution is 2.03. The van der Waals surface area contributed by atoms with Crippen LogP contribution in [0.2, 0.25) is 0 Å². The smallest absolute Gasteiger partial charge is 0.0779 e. The third-order valence-corrected chi connectivity index (χ3v) is 2.37. The van der Waals surface area contributed by atoms with Crippen molar-refractivity contribution < 1.29 is 4.74 Å². The molecule has 1 atom stereocenters. The molecule has 0 radical (unpaired) electrons. The van der Waals surface area contributed by atoms with Gasteiger partial charge in [-0.3, -0.25) is 0 Å². The van der Waals surface area contributed by atoms with Gasteiger partial charge >= 0.3 is 0 Å². The predicted octanol–water partition coefficient (Wildman–Crippen LogP) is 2.13. The van der Waals surface area contributed by atoms with Gasteiger partial charge in [0.25, 0.3) is 0 Å². The molecule has 0 heterocycles. The monoisotopic (exact) mass is 209 g/mol. The standard InChI is InChI=1S/C11H15NOS/c1-9(11(12)14)7-13-8-10-5-3-2-4-6-10/h2-6,9H,7-8H2,1H3,(H2,12,14). The quantitative estimate of drug-likeness (QED) is 0.754. The van der Waals surface area contributed by atoms with Crippen LogP contribution in [0, 0.1) is 5.92 Å². The van der Waals surface area contributed by atoms with Crippen molar-refractivity contribution in [2.75, 3.05) is 6.61 Å². The molecule has 2 nitrogen and oxygen atoms in total. The lowest BCUT2D eigenvalue weighted by atomic mass is 10.2. The van der Waals surface area contributed by atoms with Gasteiger partial charge in [-0.15, -0.1) is 0 Å². The summed E-state index contributed by atoms with van der Waals surface area (Å²) in [7, 11) is 0. The zero-order valence-corrected chi connectivity index (χ0v) is 9.09. The van der Waals surface area contributed by atoms with Gasteiger partial charge in [-0.1, -0.05) is 49.5 Å². The Balaban J connectivity index is 2.26. The van der Waals surface area contributed by atoms with Crippen molar-refractivity contribution in [3.8, 4) is 0 Å². The maximum absolute atomic E-state index is 5.48. The third kappa shape index (κ3) is 3.85. The predicted molar refractivity (Wildman–Crippen MR) is 62.0 cm³/mol. The Morgan fingerprint density at radius 2 is 2.07 bits per heavy atom. The van der Waals surface area contributed by atoms with E-state index < -0.39 is 0 Å².